The van der Waals surface area contributed by atoms with Crippen molar-refractivity contribution in [3.05, 3.63) is 97.3 Å². The molecule has 9 nitrogen and oxygen atoms in total. The van der Waals surface area contributed by atoms with E-state index in [1.54, 1.807) is 73.0 Å². The molecule has 2 heterocycles. The number of carbonyl (C=O) groups is 2. The van der Waals surface area contributed by atoms with Gasteiger partial charge in [-0.25, -0.2) is 13.2 Å². The molecule has 2 aromatic carbocycles. The number of esters is 1. The Bertz CT molecular complexity index is 1470. The van der Waals surface area contributed by atoms with Crippen LogP contribution in [-0.2, 0) is 25.0 Å². The van der Waals surface area contributed by atoms with E-state index in [9.17, 15) is 18.0 Å². The number of hydrogen-bond donors (Lipinski definition) is 3. The summed E-state index contributed by atoms with van der Waals surface area (Å²) in [7, 11) is -2.84. The Morgan fingerprint density at radius 1 is 1.18 bits per heavy atom. The van der Waals surface area contributed by atoms with Gasteiger partial charge in [0.15, 0.2) is 0 Å². The fraction of sp³-hybridized carbons (Fsp3) is 0.200. The summed E-state index contributed by atoms with van der Waals surface area (Å²) in [6.07, 6.45) is 6.42. The average molecular weight is 687 g/mol. The van der Waals surface area contributed by atoms with Crippen molar-refractivity contribution in [2.75, 3.05) is 11.8 Å². The summed E-state index contributed by atoms with van der Waals surface area (Å²) in [5, 5.41) is 3.29. The molecule has 38 heavy (non-hydrogen) atoms. The SMILES string of the molecule is COC(=O)[C@@H](NC(=O)c1ccc(I)cc1NS(=O)(=O)C1=CC=CN2SNC=C12)C(C)(C)c1ccc(Cl)cc1. The molecule has 0 spiro atoms. The Hall–Kier alpha value is -2.68. The van der Waals surface area contributed by atoms with E-state index >= 15 is 0 Å². The van der Waals surface area contributed by atoms with Crippen molar-refractivity contribution in [2.24, 2.45) is 0 Å². The third-order valence-electron chi connectivity index (χ3n) is 6.09. The molecule has 2 aromatic rings. The standard InChI is InChI=1S/C25H24ClIN4O5S2/c1-25(2,15-6-8-16(26)9-7-15)22(24(33)36-3)29-23(32)18-11-10-17(27)13-19(18)30-38(34,35)21-5-4-12-31-20(21)14-28-37-31/h4-14,22,28,30H,1-3H3,(H,29,32)/t22-/m1/s1. The van der Waals surface area contributed by atoms with Crippen LogP contribution in [0.5, 0.6) is 0 Å². The van der Waals surface area contributed by atoms with E-state index < -0.39 is 33.4 Å². The fourth-order valence-corrected chi connectivity index (χ4v) is 6.56. The van der Waals surface area contributed by atoms with E-state index in [2.05, 4.69) is 14.8 Å². The lowest BCUT2D eigenvalue weighted by Gasteiger charge is -2.33. The summed E-state index contributed by atoms with van der Waals surface area (Å²) >= 11 is 9.29. The summed E-state index contributed by atoms with van der Waals surface area (Å²) in [4.78, 5) is 26.4. The van der Waals surface area contributed by atoms with Gasteiger partial charge in [-0.15, -0.1) is 0 Å². The molecular weight excluding hydrogens is 663 g/mol. The molecule has 0 saturated carbocycles. The highest BCUT2D eigenvalue weighted by molar-refractivity contribution is 14.1. The predicted octanol–water partition coefficient (Wildman–Crippen LogP) is 4.66. The quantitative estimate of drug-likeness (QED) is 0.209. The number of fused-ring (bicyclic) bond motifs is 1. The van der Waals surface area contributed by atoms with Crippen molar-refractivity contribution in [1.82, 2.24) is 14.3 Å². The van der Waals surface area contributed by atoms with Crippen molar-refractivity contribution in [3.8, 4) is 0 Å². The van der Waals surface area contributed by atoms with Gasteiger partial charge in [0.2, 0.25) is 0 Å². The summed E-state index contributed by atoms with van der Waals surface area (Å²) in [5.41, 5.74) is 0.435. The van der Waals surface area contributed by atoms with E-state index in [0.29, 0.717) is 14.3 Å². The van der Waals surface area contributed by atoms with Gasteiger partial charge in [-0.3, -0.25) is 13.8 Å². The van der Waals surface area contributed by atoms with E-state index in [0.717, 1.165) is 5.56 Å². The minimum absolute atomic E-state index is 0.0408. The summed E-state index contributed by atoms with van der Waals surface area (Å²) < 4.78 is 39.7. The van der Waals surface area contributed by atoms with Crippen LogP contribution in [0.1, 0.15) is 29.8 Å². The lowest BCUT2D eigenvalue weighted by molar-refractivity contribution is -0.144. The van der Waals surface area contributed by atoms with Crippen LogP contribution >= 0.6 is 46.3 Å². The first-order valence-corrected chi connectivity index (χ1v) is 14.9. The molecule has 0 aliphatic carbocycles. The Balaban J connectivity index is 1.66. The van der Waals surface area contributed by atoms with Crippen LogP contribution in [0.3, 0.4) is 0 Å². The van der Waals surface area contributed by atoms with Gasteiger partial charge in [-0.05, 0) is 70.6 Å². The number of sulfonamides is 1. The Morgan fingerprint density at radius 2 is 1.89 bits per heavy atom. The molecule has 2 aliphatic heterocycles. The number of halogens is 2. The molecular formula is C25H24ClIN4O5S2. The van der Waals surface area contributed by atoms with Gasteiger partial charge in [-0.2, -0.15) is 0 Å². The van der Waals surface area contributed by atoms with E-state index in [4.69, 9.17) is 16.3 Å². The number of hydrogen-bond acceptors (Lipinski definition) is 8. The van der Waals surface area contributed by atoms with Crippen LogP contribution in [0.25, 0.3) is 0 Å². The van der Waals surface area contributed by atoms with Crippen LogP contribution in [0, 0.1) is 3.57 Å². The number of nitrogens with zero attached hydrogens (tertiary/aromatic N) is 1. The monoisotopic (exact) mass is 686 g/mol. The first kappa shape index (κ1) is 28.3. The molecule has 2 aliphatic rings. The molecule has 3 N–H and O–H groups in total. The summed E-state index contributed by atoms with van der Waals surface area (Å²) in [6, 6.07) is 10.6. The second-order valence-corrected chi connectivity index (χ2v) is 13.0. The van der Waals surface area contributed by atoms with E-state index in [-0.39, 0.29) is 16.2 Å². The third kappa shape index (κ3) is 5.82. The number of benzene rings is 2. The first-order valence-electron chi connectivity index (χ1n) is 11.2. The van der Waals surface area contributed by atoms with Gasteiger partial charge >= 0.3 is 5.97 Å². The van der Waals surface area contributed by atoms with Crippen molar-refractivity contribution in [2.45, 2.75) is 25.3 Å². The molecule has 1 amide bonds. The zero-order valence-electron chi connectivity index (χ0n) is 20.5. The van der Waals surface area contributed by atoms with E-state index in [1.165, 1.54) is 31.4 Å². The number of methoxy groups -OCH3 is 1. The van der Waals surface area contributed by atoms with Crippen molar-refractivity contribution >= 4 is 73.9 Å². The molecule has 0 bridgehead atoms. The third-order valence-corrected chi connectivity index (χ3v) is 9.16. The maximum absolute atomic E-state index is 13.5. The van der Waals surface area contributed by atoms with Crippen LogP contribution in [-0.4, -0.2) is 37.8 Å². The second kappa shape index (κ2) is 11.2. The van der Waals surface area contributed by atoms with Crippen LogP contribution < -0.4 is 14.8 Å². The van der Waals surface area contributed by atoms with E-state index in [1.807, 2.05) is 22.6 Å². The van der Waals surface area contributed by atoms with Crippen LogP contribution in [0.15, 0.2) is 77.6 Å². The number of rotatable bonds is 8. The van der Waals surface area contributed by atoms with Gasteiger partial charge in [0, 0.05) is 26.4 Å². The van der Waals surface area contributed by atoms with Gasteiger partial charge in [-0.1, -0.05) is 37.6 Å². The highest BCUT2D eigenvalue weighted by Gasteiger charge is 2.39. The van der Waals surface area contributed by atoms with Gasteiger partial charge in [0.25, 0.3) is 15.9 Å². The average Bonchev–Trinajstić information content (AvgIpc) is 3.35. The smallest absolute Gasteiger partial charge is 0.329 e. The maximum Gasteiger partial charge on any atom is 0.329 e. The number of amides is 1. The highest BCUT2D eigenvalue weighted by Crippen LogP contribution is 2.35. The topological polar surface area (TPSA) is 117 Å². The Labute approximate surface area is 244 Å². The molecule has 200 valence electrons. The minimum Gasteiger partial charge on any atom is -0.467 e. The number of allylic oxidation sites excluding steroid dienone is 2. The number of nitrogens with one attached hydrogen (secondary N) is 3. The van der Waals surface area contributed by atoms with Crippen molar-refractivity contribution < 1.29 is 22.7 Å². The molecule has 13 heteroatoms. The number of carbonyl (C=O) groups excluding carboxylic acids is 2. The Morgan fingerprint density at radius 3 is 2.58 bits per heavy atom. The minimum atomic E-state index is -4.08. The molecule has 0 unspecified atom stereocenters. The second-order valence-electron chi connectivity index (χ2n) is 8.89. The molecule has 1 atom stereocenters. The molecule has 0 radical (unpaired) electrons. The molecule has 0 saturated heterocycles. The lowest BCUT2D eigenvalue weighted by atomic mass is 9.77. The largest absolute Gasteiger partial charge is 0.467 e. The normalized spacial score (nSPS) is 15.6. The summed E-state index contributed by atoms with van der Waals surface area (Å²) in [6.45, 7) is 3.59. The predicted molar refractivity (Wildman–Crippen MR) is 157 cm³/mol. The van der Waals surface area contributed by atoms with Crippen molar-refractivity contribution in [1.29, 1.82) is 0 Å². The van der Waals surface area contributed by atoms with Gasteiger partial charge < -0.3 is 14.8 Å². The zero-order valence-corrected chi connectivity index (χ0v) is 25.0. The lowest BCUT2D eigenvalue weighted by Crippen LogP contribution is -2.53. The zero-order chi connectivity index (χ0) is 27.7. The first-order chi connectivity index (χ1) is 17.9. The molecule has 0 fully saturated rings. The van der Waals surface area contributed by atoms with Crippen LogP contribution in [0.2, 0.25) is 5.02 Å². The fourth-order valence-electron chi connectivity index (χ4n) is 3.97. The maximum atomic E-state index is 13.5. The van der Waals surface area contributed by atoms with Gasteiger partial charge in [0.1, 0.15) is 10.9 Å². The van der Waals surface area contributed by atoms with Crippen molar-refractivity contribution in [3.63, 3.8) is 0 Å². The Kier molecular flexibility index (Phi) is 8.35. The number of ether oxygens (including phenoxy) is 1. The number of anilines is 1. The molecule has 4 rings (SSSR count). The molecule has 0 aromatic heterocycles. The highest BCUT2D eigenvalue weighted by atomic mass is 127. The summed E-state index contributed by atoms with van der Waals surface area (Å²) in [5.74, 6) is -1.30. The van der Waals surface area contributed by atoms with Crippen LogP contribution in [0.4, 0.5) is 5.69 Å². The van der Waals surface area contributed by atoms with Gasteiger partial charge in [0.05, 0.1) is 36.2 Å².